The fourth-order valence-corrected chi connectivity index (χ4v) is 5.98. The number of fused-ring (bicyclic) bond motifs is 2. The number of halogens is 1. The van der Waals surface area contributed by atoms with E-state index in [0.717, 1.165) is 59.2 Å². The first kappa shape index (κ1) is 29.3. The standard InChI is InChI=1S/C31H38BrN3O6/c1-31(2,3)41-30(37)35(20-21-5-7-27-28(17-21)40-16-15-39-27)22-9-11-33(12-10-22)13-14-34-26-19-23(38-4)18-25(32)24(26)6-8-29(34)36/h5-8,17-19,22H,9-16,20H2,1-4H3. The van der Waals surface area contributed by atoms with Crippen molar-refractivity contribution in [2.75, 3.05) is 40.0 Å². The van der Waals surface area contributed by atoms with E-state index in [1.807, 2.05) is 66.6 Å². The summed E-state index contributed by atoms with van der Waals surface area (Å²) in [6, 6.07) is 13.1. The summed E-state index contributed by atoms with van der Waals surface area (Å²) in [4.78, 5) is 30.4. The second-order valence-electron chi connectivity index (χ2n) is 11.5. The third kappa shape index (κ3) is 6.98. The molecule has 2 aromatic carbocycles. The molecule has 0 saturated carbocycles. The fraction of sp³-hybridized carbons (Fsp3) is 0.484. The Hall–Kier alpha value is -3.24. The number of nitrogens with zero attached hydrogens (tertiary/aromatic N) is 3. The summed E-state index contributed by atoms with van der Waals surface area (Å²) in [6.07, 6.45) is 1.31. The summed E-state index contributed by atoms with van der Waals surface area (Å²) in [5.74, 6) is 2.14. The third-order valence-electron chi connectivity index (χ3n) is 7.49. The first-order chi connectivity index (χ1) is 19.6. The number of benzene rings is 2. The molecule has 0 bridgehead atoms. The average molecular weight is 629 g/mol. The van der Waals surface area contributed by atoms with E-state index >= 15 is 0 Å². The summed E-state index contributed by atoms with van der Waals surface area (Å²) < 4.78 is 25.4. The monoisotopic (exact) mass is 627 g/mol. The Balaban J connectivity index is 1.27. The first-order valence-corrected chi connectivity index (χ1v) is 14.9. The Bertz CT molecular complexity index is 1460. The summed E-state index contributed by atoms with van der Waals surface area (Å²) in [7, 11) is 1.62. The number of ether oxygens (including phenoxy) is 4. The van der Waals surface area contributed by atoms with Gasteiger partial charge in [-0.3, -0.25) is 4.79 Å². The number of pyridine rings is 1. The maximum atomic E-state index is 13.4. The van der Waals surface area contributed by atoms with Crippen LogP contribution < -0.4 is 19.8 Å². The van der Waals surface area contributed by atoms with E-state index in [1.54, 1.807) is 13.2 Å². The SMILES string of the molecule is COc1cc(Br)c2ccc(=O)n(CCN3CCC(N(Cc4ccc5c(c4)OCCO5)C(=O)OC(C)(C)C)CC3)c2c1. The minimum atomic E-state index is -0.591. The van der Waals surface area contributed by atoms with Crippen molar-refractivity contribution in [2.24, 2.45) is 0 Å². The van der Waals surface area contributed by atoms with E-state index < -0.39 is 5.60 Å². The van der Waals surface area contributed by atoms with Crippen LogP contribution in [0.15, 0.2) is 51.7 Å². The van der Waals surface area contributed by atoms with Crippen LogP contribution in [0, 0.1) is 0 Å². The van der Waals surface area contributed by atoms with Crippen LogP contribution in [-0.4, -0.2) is 72.1 Å². The van der Waals surface area contributed by atoms with E-state index in [1.165, 1.54) is 0 Å². The van der Waals surface area contributed by atoms with Gasteiger partial charge in [0.2, 0.25) is 0 Å². The Morgan fingerprint density at radius 2 is 1.76 bits per heavy atom. The van der Waals surface area contributed by atoms with Gasteiger partial charge in [-0.1, -0.05) is 6.07 Å². The number of methoxy groups -OCH3 is 1. The molecule has 1 saturated heterocycles. The number of hydrogen-bond acceptors (Lipinski definition) is 7. The highest BCUT2D eigenvalue weighted by molar-refractivity contribution is 9.10. The van der Waals surface area contributed by atoms with E-state index in [0.29, 0.717) is 37.8 Å². The van der Waals surface area contributed by atoms with Gasteiger partial charge in [0.25, 0.3) is 5.56 Å². The van der Waals surface area contributed by atoms with Gasteiger partial charge in [-0.15, -0.1) is 0 Å². The lowest BCUT2D eigenvalue weighted by Gasteiger charge is -2.39. The Labute approximate surface area is 249 Å². The van der Waals surface area contributed by atoms with E-state index in [9.17, 15) is 9.59 Å². The molecule has 9 nitrogen and oxygen atoms in total. The van der Waals surface area contributed by atoms with Crippen LogP contribution in [0.4, 0.5) is 4.79 Å². The molecule has 0 spiro atoms. The number of amides is 1. The Kier molecular flexibility index (Phi) is 8.79. The van der Waals surface area contributed by atoms with Crippen molar-refractivity contribution in [3.05, 3.63) is 62.9 Å². The topological polar surface area (TPSA) is 82.5 Å². The van der Waals surface area contributed by atoms with Gasteiger partial charge in [0.1, 0.15) is 24.6 Å². The second kappa shape index (κ2) is 12.3. The molecule has 2 aliphatic rings. The molecule has 1 fully saturated rings. The predicted octanol–water partition coefficient (Wildman–Crippen LogP) is 5.45. The zero-order chi connectivity index (χ0) is 29.1. The van der Waals surface area contributed by atoms with E-state index in [2.05, 4.69) is 20.8 Å². The van der Waals surface area contributed by atoms with Crippen molar-refractivity contribution in [3.8, 4) is 17.2 Å². The van der Waals surface area contributed by atoms with Gasteiger partial charge >= 0.3 is 6.09 Å². The fourth-order valence-electron chi connectivity index (χ4n) is 5.42. The highest BCUT2D eigenvalue weighted by Crippen LogP contribution is 2.32. The lowest BCUT2D eigenvalue weighted by molar-refractivity contribution is 0.00562. The highest BCUT2D eigenvalue weighted by Gasteiger charge is 2.31. The Morgan fingerprint density at radius 1 is 1.02 bits per heavy atom. The van der Waals surface area contributed by atoms with Crippen LogP contribution in [-0.2, 0) is 17.8 Å². The normalized spacial score (nSPS) is 16.0. The number of rotatable bonds is 7. The molecule has 0 aliphatic carbocycles. The average Bonchev–Trinajstić information content (AvgIpc) is 2.94. The molecule has 2 aliphatic heterocycles. The largest absolute Gasteiger partial charge is 0.497 e. The van der Waals surface area contributed by atoms with Crippen molar-refractivity contribution in [2.45, 2.75) is 58.3 Å². The number of carbonyl (C=O) groups excluding carboxylic acids is 1. The minimum Gasteiger partial charge on any atom is -0.497 e. The first-order valence-electron chi connectivity index (χ1n) is 14.1. The molecular weight excluding hydrogens is 590 g/mol. The zero-order valence-electron chi connectivity index (χ0n) is 24.2. The van der Waals surface area contributed by atoms with Crippen LogP contribution in [0.3, 0.4) is 0 Å². The lowest BCUT2D eigenvalue weighted by Crippen LogP contribution is -2.49. The highest BCUT2D eigenvalue weighted by atomic mass is 79.9. The van der Waals surface area contributed by atoms with Gasteiger partial charge in [0.05, 0.1) is 12.6 Å². The molecular formula is C31H38BrN3O6. The minimum absolute atomic E-state index is 0.0368. The molecule has 5 rings (SSSR count). The molecule has 220 valence electrons. The summed E-state index contributed by atoms with van der Waals surface area (Å²) >= 11 is 3.61. The molecule has 10 heteroatoms. The second-order valence-corrected chi connectivity index (χ2v) is 12.4. The molecule has 3 heterocycles. The zero-order valence-corrected chi connectivity index (χ0v) is 25.7. The number of carbonyl (C=O) groups is 1. The van der Waals surface area contributed by atoms with Gasteiger partial charge in [-0.25, -0.2) is 4.79 Å². The van der Waals surface area contributed by atoms with Crippen LogP contribution >= 0.6 is 15.9 Å². The molecule has 0 unspecified atom stereocenters. The van der Waals surface area contributed by atoms with E-state index in [4.69, 9.17) is 18.9 Å². The summed E-state index contributed by atoms with van der Waals surface area (Å²) in [6.45, 7) is 10.1. The van der Waals surface area contributed by atoms with Crippen molar-refractivity contribution in [3.63, 3.8) is 0 Å². The molecule has 0 atom stereocenters. The summed E-state index contributed by atoms with van der Waals surface area (Å²) in [5, 5.41) is 0.969. The quantitative estimate of drug-likeness (QED) is 0.345. The third-order valence-corrected chi connectivity index (χ3v) is 8.15. The molecule has 41 heavy (non-hydrogen) atoms. The van der Waals surface area contributed by atoms with Gasteiger partial charge in [0.15, 0.2) is 11.5 Å². The van der Waals surface area contributed by atoms with Crippen LogP contribution in [0.2, 0.25) is 0 Å². The number of hydrogen-bond donors (Lipinski definition) is 0. The number of piperidine rings is 1. The molecule has 0 N–H and O–H groups in total. The lowest BCUT2D eigenvalue weighted by atomic mass is 10.0. The molecule has 1 amide bonds. The molecule has 3 aromatic rings. The molecule has 0 radical (unpaired) electrons. The van der Waals surface area contributed by atoms with E-state index in [-0.39, 0.29) is 17.7 Å². The smallest absolute Gasteiger partial charge is 0.410 e. The van der Waals surface area contributed by atoms with Crippen LogP contribution in [0.1, 0.15) is 39.2 Å². The maximum absolute atomic E-state index is 13.4. The van der Waals surface area contributed by atoms with Crippen molar-refractivity contribution >= 4 is 32.9 Å². The van der Waals surface area contributed by atoms with Crippen LogP contribution in [0.25, 0.3) is 10.9 Å². The predicted molar refractivity (Wildman–Crippen MR) is 161 cm³/mol. The summed E-state index contributed by atoms with van der Waals surface area (Å²) in [5.41, 5.74) is 1.18. The van der Waals surface area contributed by atoms with Gasteiger partial charge in [0, 0.05) is 60.8 Å². The van der Waals surface area contributed by atoms with Crippen molar-refractivity contribution in [1.82, 2.24) is 14.4 Å². The number of likely N-dealkylation sites (tertiary alicyclic amines) is 1. The van der Waals surface area contributed by atoms with Gasteiger partial charge in [-0.05, 0) is 79.4 Å². The molecule has 1 aromatic heterocycles. The van der Waals surface area contributed by atoms with Crippen molar-refractivity contribution < 1.29 is 23.7 Å². The van der Waals surface area contributed by atoms with Crippen LogP contribution in [0.5, 0.6) is 17.2 Å². The van der Waals surface area contributed by atoms with Gasteiger partial charge < -0.3 is 33.3 Å². The van der Waals surface area contributed by atoms with Gasteiger partial charge in [-0.2, -0.15) is 0 Å². The van der Waals surface area contributed by atoms with Crippen molar-refractivity contribution in [1.29, 1.82) is 0 Å². The maximum Gasteiger partial charge on any atom is 0.410 e. The Morgan fingerprint density at radius 3 is 2.46 bits per heavy atom. The number of aromatic nitrogens is 1.